The van der Waals surface area contributed by atoms with Crippen LogP contribution in [0, 0.1) is 39.4 Å². The van der Waals surface area contributed by atoms with Crippen LogP contribution in [-0.2, 0) is 21.4 Å². The molecule has 174 valence electrons. The molecule has 2 aromatic rings. The van der Waals surface area contributed by atoms with E-state index < -0.39 is 15.8 Å². The van der Waals surface area contributed by atoms with Crippen molar-refractivity contribution < 1.29 is 22.3 Å². The summed E-state index contributed by atoms with van der Waals surface area (Å²) >= 11 is 0. The zero-order valence-corrected chi connectivity index (χ0v) is 20.1. The van der Waals surface area contributed by atoms with Gasteiger partial charge in [-0.1, -0.05) is 12.1 Å². The van der Waals surface area contributed by atoms with Crippen LogP contribution in [0.2, 0.25) is 0 Å². The van der Waals surface area contributed by atoms with E-state index in [0.29, 0.717) is 36.4 Å². The molecule has 1 aliphatic heterocycles. The Balaban J connectivity index is 1.63. The summed E-state index contributed by atoms with van der Waals surface area (Å²) in [5.41, 5.74) is 4.10. The van der Waals surface area contributed by atoms with Crippen molar-refractivity contribution in [3.05, 3.63) is 57.9 Å². The number of halogens is 1. The number of nitrogens with zero attached hydrogens (tertiary/aromatic N) is 1. The fourth-order valence-corrected chi connectivity index (χ4v) is 6.25. The van der Waals surface area contributed by atoms with Gasteiger partial charge in [-0.3, -0.25) is 4.79 Å². The van der Waals surface area contributed by atoms with Crippen molar-refractivity contribution in [1.82, 2.24) is 9.62 Å². The summed E-state index contributed by atoms with van der Waals surface area (Å²) in [5.74, 6) is -0.735. The van der Waals surface area contributed by atoms with Crippen molar-refractivity contribution >= 4 is 15.9 Å². The van der Waals surface area contributed by atoms with E-state index in [4.69, 9.17) is 4.74 Å². The number of aryl methyl sites for hydroxylation is 2. The number of carbonyl (C=O) groups excluding carboxylic acids is 1. The van der Waals surface area contributed by atoms with Gasteiger partial charge in [0.15, 0.2) is 11.6 Å². The molecule has 0 aromatic heterocycles. The first-order valence-electron chi connectivity index (χ1n) is 10.7. The number of hydrogen-bond donors (Lipinski definition) is 1. The highest BCUT2D eigenvalue weighted by molar-refractivity contribution is 7.89. The molecule has 2 aromatic carbocycles. The molecule has 32 heavy (non-hydrogen) atoms. The molecule has 1 heterocycles. The van der Waals surface area contributed by atoms with Crippen LogP contribution < -0.4 is 10.1 Å². The predicted molar refractivity (Wildman–Crippen MR) is 122 cm³/mol. The molecular weight excluding hydrogens is 431 g/mol. The third-order valence-electron chi connectivity index (χ3n) is 6.40. The van der Waals surface area contributed by atoms with E-state index in [1.54, 1.807) is 6.07 Å². The van der Waals surface area contributed by atoms with E-state index in [2.05, 4.69) is 5.32 Å². The van der Waals surface area contributed by atoms with E-state index in [1.807, 2.05) is 33.8 Å². The molecule has 0 bridgehead atoms. The number of nitrogens with one attached hydrogen (secondary N) is 1. The quantitative estimate of drug-likeness (QED) is 0.709. The van der Waals surface area contributed by atoms with Crippen molar-refractivity contribution in [1.29, 1.82) is 0 Å². The Bertz CT molecular complexity index is 1100. The van der Waals surface area contributed by atoms with Crippen LogP contribution >= 0.6 is 0 Å². The Kier molecular flexibility index (Phi) is 7.25. The van der Waals surface area contributed by atoms with Crippen molar-refractivity contribution in [3.63, 3.8) is 0 Å². The number of piperidine rings is 1. The van der Waals surface area contributed by atoms with Gasteiger partial charge in [-0.2, -0.15) is 4.31 Å². The van der Waals surface area contributed by atoms with E-state index in [1.165, 1.54) is 23.5 Å². The Morgan fingerprint density at radius 1 is 1.09 bits per heavy atom. The average molecular weight is 463 g/mol. The van der Waals surface area contributed by atoms with E-state index >= 15 is 0 Å². The summed E-state index contributed by atoms with van der Waals surface area (Å²) in [6.07, 6.45) is 0.899. The van der Waals surface area contributed by atoms with Gasteiger partial charge in [-0.25, -0.2) is 12.8 Å². The van der Waals surface area contributed by atoms with Gasteiger partial charge < -0.3 is 10.1 Å². The maximum atomic E-state index is 13.8. The fourth-order valence-electron chi connectivity index (χ4n) is 4.21. The van der Waals surface area contributed by atoms with Gasteiger partial charge in [0.25, 0.3) is 0 Å². The summed E-state index contributed by atoms with van der Waals surface area (Å²) in [5, 5.41) is 2.84. The molecule has 0 spiro atoms. The predicted octanol–water partition coefficient (Wildman–Crippen LogP) is 3.79. The van der Waals surface area contributed by atoms with Crippen LogP contribution in [0.5, 0.6) is 5.75 Å². The third kappa shape index (κ3) is 4.81. The Hall–Kier alpha value is -2.45. The van der Waals surface area contributed by atoms with Crippen molar-refractivity contribution in [2.24, 2.45) is 5.92 Å². The lowest BCUT2D eigenvalue weighted by atomic mass is 9.97. The zero-order chi connectivity index (χ0) is 23.6. The highest BCUT2D eigenvalue weighted by Gasteiger charge is 2.34. The molecule has 0 unspecified atom stereocenters. The highest BCUT2D eigenvalue weighted by atomic mass is 32.2. The van der Waals surface area contributed by atoms with Gasteiger partial charge in [0.2, 0.25) is 15.9 Å². The first-order chi connectivity index (χ1) is 15.1. The lowest BCUT2D eigenvalue weighted by Crippen LogP contribution is -2.43. The van der Waals surface area contributed by atoms with Crippen LogP contribution in [0.1, 0.15) is 40.7 Å². The summed E-state index contributed by atoms with van der Waals surface area (Å²) in [6.45, 7) is 8.33. The number of carbonyl (C=O) groups is 1. The molecule has 8 heteroatoms. The highest BCUT2D eigenvalue weighted by Crippen LogP contribution is 2.31. The van der Waals surface area contributed by atoms with Crippen molar-refractivity contribution in [3.8, 4) is 5.75 Å². The molecule has 6 nitrogen and oxygen atoms in total. The largest absolute Gasteiger partial charge is 0.494 e. The van der Waals surface area contributed by atoms with Crippen LogP contribution in [0.3, 0.4) is 0 Å². The minimum Gasteiger partial charge on any atom is -0.494 e. The first-order valence-corrected chi connectivity index (χ1v) is 12.2. The number of benzene rings is 2. The minimum atomic E-state index is -3.64. The lowest BCUT2D eigenvalue weighted by molar-refractivity contribution is -0.126. The second-order valence-electron chi connectivity index (χ2n) is 8.45. The molecule has 0 atom stereocenters. The molecule has 0 saturated carbocycles. The van der Waals surface area contributed by atoms with Gasteiger partial charge in [0.05, 0.1) is 12.0 Å². The standard InChI is InChI=1S/C24H31FN2O4S/c1-15-12-16(2)18(4)23(17(15)3)32(29,30)27-10-8-20(9-11-27)24(28)26-14-19-6-7-22(31-5)21(25)13-19/h6-7,12-13,20H,8-11,14H2,1-5H3,(H,26,28). The van der Waals surface area contributed by atoms with Gasteiger partial charge in [0, 0.05) is 25.6 Å². The number of amides is 1. The van der Waals surface area contributed by atoms with E-state index in [9.17, 15) is 17.6 Å². The Labute approximate surface area is 189 Å². The summed E-state index contributed by atoms with van der Waals surface area (Å²) in [7, 11) is -2.24. The molecule has 0 aliphatic carbocycles. The third-order valence-corrected chi connectivity index (χ3v) is 8.58. The number of rotatable bonds is 6. The van der Waals surface area contributed by atoms with Gasteiger partial charge >= 0.3 is 0 Å². The van der Waals surface area contributed by atoms with Gasteiger partial charge in [0.1, 0.15) is 0 Å². The molecule has 0 radical (unpaired) electrons. The minimum absolute atomic E-state index is 0.142. The first kappa shape index (κ1) is 24.2. The average Bonchev–Trinajstić information content (AvgIpc) is 2.76. The molecule has 1 aliphatic rings. The summed E-state index contributed by atoms with van der Waals surface area (Å²) in [6, 6.07) is 6.57. The van der Waals surface area contributed by atoms with Crippen molar-refractivity contribution in [2.45, 2.75) is 52.0 Å². The SMILES string of the molecule is COc1ccc(CNC(=O)C2CCN(S(=O)(=O)c3c(C)c(C)cc(C)c3C)CC2)cc1F. The Morgan fingerprint density at radius 3 is 2.22 bits per heavy atom. The second-order valence-corrected chi connectivity index (χ2v) is 10.3. The monoisotopic (exact) mass is 462 g/mol. The maximum absolute atomic E-state index is 13.8. The Morgan fingerprint density at radius 2 is 1.69 bits per heavy atom. The smallest absolute Gasteiger partial charge is 0.243 e. The molecule has 3 rings (SSSR count). The summed E-state index contributed by atoms with van der Waals surface area (Å²) < 4.78 is 47.0. The number of sulfonamides is 1. The molecule has 1 fully saturated rings. The van der Waals surface area contributed by atoms with Gasteiger partial charge in [-0.15, -0.1) is 0 Å². The number of ether oxygens (including phenoxy) is 1. The molecular formula is C24H31FN2O4S. The number of hydrogen-bond acceptors (Lipinski definition) is 4. The second kappa shape index (κ2) is 9.58. The number of methoxy groups -OCH3 is 1. The molecule has 1 amide bonds. The molecule has 1 saturated heterocycles. The van der Waals surface area contributed by atoms with Crippen molar-refractivity contribution in [2.75, 3.05) is 20.2 Å². The summed E-state index contributed by atoms with van der Waals surface area (Å²) in [4.78, 5) is 13.0. The maximum Gasteiger partial charge on any atom is 0.243 e. The lowest BCUT2D eigenvalue weighted by Gasteiger charge is -2.31. The van der Waals surface area contributed by atoms with Crippen LogP contribution in [0.25, 0.3) is 0 Å². The fraction of sp³-hybridized carbons (Fsp3) is 0.458. The van der Waals surface area contributed by atoms with Gasteiger partial charge in [-0.05, 0) is 80.5 Å². The van der Waals surface area contributed by atoms with E-state index in [0.717, 1.165) is 22.3 Å². The topological polar surface area (TPSA) is 75.7 Å². The zero-order valence-electron chi connectivity index (χ0n) is 19.3. The van der Waals surface area contributed by atoms with Crippen LogP contribution in [-0.4, -0.2) is 38.8 Å². The van der Waals surface area contributed by atoms with Crippen LogP contribution in [0.4, 0.5) is 4.39 Å². The van der Waals surface area contributed by atoms with E-state index in [-0.39, 0.29) is 24.1 Å². The molecule has 1 N–H and O–H groups in total. The van der Waals surface area contributed by atoms with Crippen LogP contribution in [0.15, 0.2) is 29.2 Å². The normalized spacial score (nSPS) is 15.6.